The fourth-order valence-corrected chi connectivity index (χ4v) is 1.83. The lowest BCUT2D eigenvalue weighted by Crippen LogP contribution is -2.24. The van der Waals surface area contributed by atoms with Crippen LogP contribution in [0.5, 0.6) is 0 Å². The van der Waals surface area contributed by atoms with Gasteiger partial charge < -0.3 is 0 Å². The van der Waals surface area contributed by atoms with Crippen LogP contribution in [0.25, 0.3) is 0 Å². The summed E-state index contributed by atoms with van der Waals surface area (Å²) in [7, 11) is -3.40. The predicted molar refractivity (Wildman–Crippen MR) is 60.2 cm³/mol. The van der Waals surface area contributed by atoms with E-state index in [9.17, 15) is 8.42 Å². The summed E-state index contributed by atoms with van der Waals surface area (Å²) in [6.07, 6.45) is 7.58. The van der Waals surface area contributed by atoms with Crippen LogP contribution in [0, 0.1) is 0 Å². The van der Waals surface area contributed by atoms with E-state index < -0.39 is 10.0 Å². The first-order valence-electron chi connectivity index (χ1n) is 4.14. The van der Waals surface area contributed by atoms with Crippen LogP contribution < -0.4 is 4.72 Å². The van der Waals surface area contributed by atoms with Gasteiger partial charge in [0.05, 0.1) is 4.91 Å². The van der Waals surface area contributed by atoms with Crippen molar-refractivity contribution in [3.63, 3.8) is 0 Å². The molecule has 0 aliphatic rings. The molecule has 0 atom stereocenters. The topological polar surface area (TPSA) is 46.2 Å². The summed E-state index contributed by atoms with van der Waals surface area (Å²) < 4.78 is 25.4. The second-order valence-corrected chi connectivity index (χ2v) is 4.19. The monoisotopic (exact) mass is 213 g/mol. The number of hydrogen-bond donors (Lipinski definition) is 1. The molecular formula is C10H15NO2S. The van der Waals surface area contributed by atoms with Gasteiger partial charge in [0.1, 0.15) is 0 Å². The molecule has 0 aliphatic carbocycles. The zero-order chi connectivity index (χ0) is 11.0. The molecule has 0 spiro atoms. The van der Waals surface area contributed by atoms with Crippen molar-refractivity contribution in [3.05, 3.63) is 48.4 Å². The highest BCUT2D eigenvalue weighted by Crippen LogP contribution is 2.05. The Morgan fingerprint density at radius 3 is 2.50 bits per heavy atom. The number of nitrogens with one attached hydrogen (secondary N) is 1. The van der Waals surface area contributed by atoms with Gasteiger partial charge in [-0.25, -0.2) is 13.1 Å². The van der Waals surface area contributed by atoms with Crippen molar-refractivity contribution in [2.45, 2.75) is 6.92 Å². The summed E-state index contributed by atoms with van der Waals surface area (Å²) >= 11 is 0. The van der Waals surface area contributed by atoms with E-state index in [-0.39, 0.29) is 11.4 Å². The van der Waals surface area contributed by atoms with Crippen molar-refractivity contribution in [2.24, 2.45) is 0 Å². The Morgan fingerprint density at radius 1 is 1.43 bits per heavy atom. The minimum absolute atomic E-state index is 0.222. The molecule has 78 valence electrons. The average Bonchev–Trinajstić information content (AvgIpc) is 2.16. The van der Waals surface area contributed by atoms with Crippen LogP contribution in [0.1, 0.15) is 6.92 Å². The number of sulfonamides is 1. The lowest BCUT2D eigenvalue weighted by Gasteiger charge is -2.03. The quantitative estimate of drug-likeness (QED) is 0.539. The second-order valence-electron chi connectivity index (χ2n) is 2.43. The third-order valence-electron chi connectivity index (χ3n) is 1.41. The first-order chi connectivity index (χ1) is 6.58. The molecule has 0 radical (unpaired) electrons. The van der Waals surface area contributed by atoms with Gasteiger partial charge in [0.2, 0.25) is 10.0 Å². The summed E-state index contributed by atoms with van der Waals surface area (Å²) in [5.74, 6) is 0. The van der Waals surface area contributed by atoms with Gasteiger partial charge in [-0.2, -0.15) is 0 Å². The van der Waals surface area contributed by atoms with E-state index in [0.717, 1.165) is 0 Å². The highest BCUT2D eigenvalue weighted by atomic mass is 32.2. The molecule has 0 aliphatic heterocycles. The van der Waals surface area contributed by atoms with Gasteiger partial charge in [0.25, 0.3) is 0 Å². The number of rotatable bonds is 6. The molecule has 0 saturated heterocycles. The fourth-order valence-electron chi connectivity index (χ4n) is 0.756. The molecule has 0 saturated carbocycles. The van der Waals surface area contributed by atoms with Crippen molar-refractivity contribution in [3.8, 4) is 0 Å². The molecule has 0 aromatic carbocycles. The van der Waals surface area contributed by atoms with Crippen LogP contribution >= 0.6 is 0 Å². The van der Waals surface area contributed by atoms with Crippen molar-refractivity contribution in [2.75, 3.05) is 6.54 Å². The third kappa shape index (κ3) is 4.20. The van der Waals surface area contributed by atoms with E-state index in [4.69, 9.17) is 0 Å². The molecule has 3 nitrogen and oxygen atoms in total. The smallest absolute Gasteiger partial charge is 0.207 e. The van der Waals surface area contributed by atoms with E-state index in [1.54, 1.807) is 13.0 Å². The van der Waals surface area contributed by atoms with Crippen LogP contribution in [-0.4, -0.2) is 15.0 Å². The Kier molecular flexibility index (Phi) is 5.83. The third-order valence-corrected chi connectivity index (χ3v) is 2.95. The molecule has 0 fully saturated rings. The van der Waals surface area contributed by atoms with Gasteiger partial charge in [-0.1, -0.05) is 30.9 Å². The number of allylic oxidation sites excluding steroid dienone is 4. The van der Waals surface area contributed by atoms with Gasteiger partial charge in [-0.15, -0.1) is 6.58 Å². The van der Waals surface area contributed by atoms with E-state index in [2.05, 4.69) is 17.9 Å². The van der Waals surface area contributed by atoms with Gasteiger partial charge in [-0.3, -0.25) is 0 Å². The Labute approximate surface area is 85.6 Å². The summed E-state index contributed by atoms with van der Waals surface area (Å²) in [5.41, 5.74) is 0. The summed E-state index contributed by atoms with van der Waals surface area (Å²) in [4.78, 5) is 0.222. The van der Waals surface area contributed by atoms with Crippen molar-refractivity contribution >= 4 is 10.0 Å². The minimum Gasteiger partial charge on any atom is -0.207 e. The van der Waals surface area contributed by atoms with Gasteiger partial charge in [0.15, 0.2) is 0 Å². The maximum atomic E-state index is 11.5. The molecule has 0 aromatic rings. The first kappa shape index (κ1) is 12.9. The zero-order valence-corrected chi connectivity index (χ0v) is 9.05. The molecular weight excluding hydrogens is 198 g/mol. The van der Waals surface area contributed by atoms with Gasteiger partial charge in [0, 0.05) is 6.54 Å². The highest BCUT2D eigenvalue weighted by molar-refractivity contribution is 7.93. The Morgan fingerprint density at radius 2 is 2.07 bits per heavy atom. The van der Waals surface area contributed by atoms with Crippen LogP contribution in [0.4, 0.5) is 0 Å². The van der Waals surface area contributed by atoms with E-state index in [1.807, 2.05) is 0 Å². The minimum atomic E-state index is -3.40. The fraction of sp³-hybridized carbons (Fsp3) is 0.200. The average molecular weight is 213 g/mol. The van der Waals surface area contributed by atoms with Crippen molar-refractivity contribution in [1.29, 1.82) is 0 Å². The maximum Gasteiger partial charge on any atom is 0.240 e. The normalized spacial score (nSPS) is 13.1. The van der Waals surface area contributed by atoms with Gasteiger partial charge >= 0.3 is 0 Å². The van der Waals surface area contributed by atoms with Crippen LogP contribution in [0.15, 0.2) is 48.4 Å². The Hall–Kier alpha value is -1.13. The molecule has 4 heteroatoms. The molecule has 0 rings (SSSR count). The van der Waals surface area contributed by atoms with E-state index in [1.165, 1.54) is 24.3 Å². The predicted octanol–water partition coefficient (Wildman–Crippen LogP) is 1.74. The summed E-state index contributed by atoms with van der Waals surface area (Å²) in [6.45, 7) is 8.78. The van der Waals surface area contributed by atoms with Crippen LogP contribution in [0.2, 0.25) is 0 Å². The second kappa shape index (κ2) is 6.34. The summed E-state index contributed by atoms with van der Waals surface area (Å²) in [6, 6.07) is 0. The molecule has 0 amide bonds. The van der Waals surface area contributed by atoms with Gasteiger partial charge in [-0.05, 0) is 13.0 Å². The summed E-state index contributed by atoms with van der Waals surface area (Å²) in [5, 5.41) is 0. The van der Waals surface area contributed by atoms with E-state index in [0.29, 0.717) is 0 Å². The largest absolute Gasteiger partial charge is 0.240 e. The highest BCUT2D eigenvalue weighted by Gasteiger charge is 2.11. The molecule has 0 bridgehead atoms. The van der Waals surface area contributed by atoms with Crippen molar-refractivity contribution < 1.29 is 8.42 Å². The standard InChI is InChI=1S/C10H15NO2S/c1-4-7-8-10(6-3)14(12,13)11-9-5-2/h4-8,11H,1-2,9H2,3H3/b8-7-,10-6+. The van der Waals surface area contributed by atoms with Crippen LogP contribution in [-0.2, 0) is 10.0 Å². The number of hydrogen-bond acceptors (Lipinski definition) is 2. The Bertz CT molecular complexity index is 350. The molecule has 0 aromatic heterocycles. The van der Waals surface area contributed by atoms with Crippen LogP contribution in [0.3, 0.4) is 0 Å². The molecule has 14 heavy (non-hydrogen) atoms. The molecule has 0 unspecified atom stereocenters. The lowest BCUT2D eigenvalue weighted by atomic mass is 10.4. The Balaban J connectivity index is 4.76. The molecule has 0 heterocycles. The van der Waals surface area contributed by atoms with Crippen molar-refractivity contribution in [1.82, 2.24) is 4.72 Å². The zero-order valence-electron chi connectivity index (χ0n) is 8.23. The SMILES string of the molecule is C=C/C=C\C(=C/C)S(=O)(=O)NCC=C. The maximum absolute atomic E-state index is 11.5. The van der Waals surface area contributed by atoms with E-state index >= 15 is 0 Å². The molecule has 1 N–H and O–H groups in total. The first-order valence-corrected chi connectivity index (χ1v) is 5.62. The lowest BCUT2D eigenvalue weighted by molar-refractivity contribution is 0.593.